The monoisotopic (exact) mass is 1720 g/mol. The van der Waals surface area contributed by atoms with E-state index in [0.717, 1.165) is 57.8 Å². The fraction of sp³-hybridized carbons (Fsp3) is 0.111. The van der Waals surface area contributed by atoms with Crippen LogP contribution in [0.4, 0.5) is 0 Å². The van der Waals surface area contributed by atoms with Crippen LogP contribution >= 0.6 is 0 Å². The van der Waals surface area contributed by atoms with Crippen molar-refractivity contribution in [3.8, 4) is 100 Å². The van der Waals surface area contributed by atoms with E-state index in [1.807, 2.05) is 0 Å². The van der Waals surface area contributed by atoms with Gasteiger partial charge in [-0.1, -0.05) is 436 Å². The summed E-state index contributed by atoms with van der Waals surface area (Å²) in [6.45, 7) is 13.7. The molecule has 0 heteroatoms. The highest BCUT2D eigenvalue weighted by Crippen LogP contribution is 2.56. The summed E-state index contributed by atoms with van der Waals surface area (Å²) in [5.41, 5.74) is 41.7. The summed E-state index contributed by atoms with van der Waals surface area (Å²) in [5.74, 6) is 0. The SMILES string of the molecule is CCc1c2ccccc2c(-c2ccc3c(c2)-c2cccc(-c4c5ccccc5c(CC)c5ccccc45)c2C3)c2ccccc12.CCc1c2ccccc2c(-c2ccc3c(c2)Cc2c-3cccc2-c2c3ccccc3c(CC)c3ccccc23)c2ccccc12.CCc1c2ccccc2c(-c2cccc3c2Cc2cccc(-c4c5ccccc5c(CC)c5ccccc45)c2-3)c2ccccc12. The molecule has 24 aromatic carbocycles. The van der Waals surface area contributed by atoms with E-state index in [2.05, 4.69) is 442 Å². The minimum absolute atomic E-state index is 0.940. The molecule has 24 aromatic rings. The molecule has 0 atom stereocenters. The fourth-order valence-electron chi connectivity index (χ4n) is 25.3. The van der Waals surface area contributed by atoms with Crippen LogP contribution in [0.15, 0.2) is 400 Å². The molecule has 0 N–H and O–H groups in total. The lowest BCUT2D eigenvalue weighted by Gasteiger charge is -2.20. The van der Waals surface area contributed by atoms with Crippen LogP contribution in [0, 0.1) is 0 Å². The third-order valence-corrected chi connectivity index (χ3v) is 30.9. The number of benzene rings is 24. The Morgan fingerprint density at radius 1 is 0.133 bits per heavy atom. The lowest BCUT2D eigenvalue weighted by molar-refractivity contribution is 1.18. The van der Waals surface area contributed by atoms with E-state index in [1.165, 1.54) is 296 Å². The fourth-order valence-corrected chi connectivity index (χ4v) is 25.3. The summed E-state index contributed by atoms with van der Waals surface area (Å²) in [5, 5.41) is 32.6. The van der Waals surface area contributed by atoms with E-state index in [1.54, 1.807) is 0 Å². The van der Waals surface area contributed by atoms with Crippen LogP contribution < -0.4 is 0 Å². The Morgan fingerprint density at radius 3 is 0.637 bits per heavy atom. The first-order chi connectivity index (χ1) is 66.8. The van der Waals surface area contributed by atoms with Crippen molar-refractivity contribution in [3.05, 3.63) is 467 Å². The highest BCUT2D eigenvalue weighted by Gasteiger charge is 2.32. The number of rotatable bonds is 12. The first-order valence-corrected chi connectivity index (χ1v) is 49.1. The highest BCUT2D eigenvalue weighted by molar-refractivity contribution is 6.23. The molecule has 0 aromatic heterocycles. The smallest absolute Gasteiger partial charge is 0.000705 e. The van der Waals surface area contributed by atoms with Crippen LogP contribution in [-0.4, -0.2) is 0 Å². The summed E-state index contributed by atoms with van der Waals surface area (Å²) in [6, 6.07) is 151. The van der Waals surface area contributed by atoms with Gasteiger partial charge in [0.1, 0.15) is 0 Å². The molecule has 0 spiro atoms. The van der Waals surface area contributed by atoms with Crippen LogP contribution in [-0.2, 0) is 57.8 Å². The third kappa shape index (κ3) is 12.8. The van der Waals surface area contributed by atoms with Gasteiger partial charge in [-0.2, -0.15) is 0 Å². The molecule has 0 saturated carbocycles. The maximum absolute atomic E-state index is 2.48. The molecule has 3 aliphatic carbocycles. The van der Waals surface area contributed by atoms with E-state index in [4.69, 9.17) is 0 Å². The average molecular weight is 1720 g/mol. The normalized spacial score (nSPS) is 12.3. The largest absolute Gasteiger partial charge is 0.0616 e. The van der Waals surface area contributed by atoms with Crippen molar-refractivity contribution >= 4 is 129 Å². The zero-order chi connectivity index (χ0) is 90.2. The number of aryl methyl sites for hydroxylation is 6. The Balaban J connectivity index is 0.000000108. The van der Waals surface area contributed by atoms with E-state index >= 15 is 0 Å². The Morgan fingerprint density at radius 2 is 0.341 bits per heavy atom. The average Bonchev–Trinajstić information content (AvgIpc) is 1.65. The van der Waals surface area contributed by atoms with Gasteiger partial charge in [-0.15, -0.1) is 0 Å². The van der Waals surface area contributed by atoms with Gasteiger partial charge in [0.25, 0.3) is 0 Å². The first-order valence-electron chi connectivity index (χ1n) is 49.1. The molecule has 27 rings (SSSR count). The molecule has 0 aliphatic heterocycles. The van der Waals surface area contributed by atoms with E-state index in [-0.39, 0.29) is 0 Å². The zero-order valence-corrected chi connectivity index (χ0v) is 77.5. The van der Waals surface area contributed by atoms with E-state index in [9.17, 15) is 0 Å². The summed E-state index contributed by atoms with van der Waals surface area (Å²) in [6.07, 6.45) is 8.94. The zero-order valence-electron chi connectivity index (χ0n) is 77.5. The van der Waals surface area contributed by atoms with Crippen molar-refractivity contribution in [2.45, 2.75) is 99.3 Å². The second kappa shape index (κ2) is 33.3. The van der Waals surface area contributed by atoms with Gasteiger partial charge in [-0.05, 0) is 360 Å². The number of hydrogen-bond donors (Lipinski definition) is 0. The molecule has 0 fully saturated rings. The Bertz CT molecular complexity index is 8750. The van der Waals surface area contributed by atoms with Crippen molar-refractivity contribution < 1.29 is 0 Å². The molecule has 3 aliphatic rings. The predicted molar refractivity (Wildman–Crippen MR) is 583 cm³/mol. The molecule has 0 saturated heterocycles. The molecule has 0 radical (unpaired) electrons. The molecular formula is C135H102. The lowest BCUT2D eigenvalue weighted by Crippen LogP contribution is -1.95. The van der Waals surface area contributed by atoms with Crippen molar-refractivity contribution in [3.63, 3.8) is 0 Å². The van der Waals surface area contributed by atoms with Crippen molar-refractivity contribution in [2.24, 2.45) is 0 Å². The standard InChI is InChI=1S/3C45H34/c1-3-29-31-16-5-9-20-35(31)44(36-21-10-6-17-32(29)36)40-25-14-24-39-42(40)27-28-15-13-26-41(43(28)39)45-37-22-11-7-18-33(37)30(4-2)34-19-8-12-23-38(34)45;1-3-30-33-14-5-9-18-38(33)44(39-19-10-6-15-34(30)39)28-24-25-32-29(26-28)27-43-37(32)22-13-23-42(43)45-40-20-11-7-16-35(40)31(4-2)36-17-8-12-21-41(36)45;1-3-30-32-14-5-9-18-37(32)44(38-19-10-6-15-33(30)38)29-25-24-28-26-43-36(42(28)27-29)22-13-23-41(43)45-39-20-11-7-16-34(39)31(4-2)35-17-8-12-21-40(35)45/h2*5-26H,3-4,27H2,1-2H3;5-25,27H,3-4,26H2,1-2H3. The predicted octanol–water partition coefficient (Wildman–Crippen LogP) is 37.0. The van der Waals surface area contributed by atoms with Gasteiger partial charge in [-0.25, -0.2) is 0 Å². The van der Waals surface area contributed by atoms with Gasteiger partial charge in [0.15, 0.2) is 0 Å². The van der Waals surface area contributed by atoms with Crippen LogP contribution in [0.5, 0.6) is 0 Å². The Labute approximate surface area is 790 Å². The topological polar surface area (TPSA) is 0 Å². The van der Waals surface area contributed by atoms with Crippen LogP contribution in [0.2, 0.25) is 0 Å². The Kier molecular flexibility index (Phi) is 20.1. The molecule has 135 heavy (non-hydrogen) atoms. The van der Waals surface area contributed by atoms with Crippen LogP contribution in [0.25, 0.3) is 229 Å². The molecular weight excluding hydrogens is 1620 g/mol. The van der Waals surface area contributed by atoms with Crippen LogP contribution in [0.3, 0.4) is 0 Å². The second-order valence-corrected chi connectivity index (χ2v) is 37.4. The summed E-state index contributed by atoms with van der Waals surface area (Å²) < 4.78 is 0. The summed E-state index contributed by atoms with van der Waals surface area (Å²) in [4.78, 5) is 0. The van der Waals surface area contributed by atoms with Crippen LogP contribution in [0.1, 0.15) is 108 Å². The molecule has 0 amide bonds. The molecule has 642 valence electrons. The maximum Gasteiger partial charge on any atom is -0.000705 e. The molecule has 0 unspecified atom stereocenters. The second-order valence-electron chi connectivity index (χ2n) is 37.4. The number of hydrogen-bond acceptors (Lipinski definition) is 0. The molecule has 0 heterocycles. The van der Waals surface area contributed by atoms with Gasteiger partial charge in [-0.3, -0.25) is 0 Å². The molecule has 0 nitrogen and oxygen atoms in total. The first kappa shape index (κ1) is 81.4. The van der Waals surface area contributed by atoms with Gasteiger partial charge in [0.2, 0.25) is 0 Å². The quantitative estimate of drug-likeness (QED) is 0.107. The minimum Gasteiger partial charge on any atom is -0.0616 e. The minimum atomic E-state index is 0.940. The van der Waals surface area contributed by atoms with Crippen molar-refractivity contribution in [2.75, 3.05) is 0 Å². The Hall–Kier alpha value is -15.6. The maximum atomic E-state index is 2.48. The third-order valence-electron chi connectivity index (χ3n) is 30.9. The van der Waals surface area contributed by atoms with Gasteiger partial charge < -0.3 is 0 Å². The summed E-state index contributed by atoms with van der Waals surface area (Å²) >= 11 is 0. The highest BCUT2D eigenvalue weighted by atomic mass is 14.4. The lowest BCUT2D eigenvalue weighted by atomic mass is 9.84. The number of fused-ring (bicyclic) bond motifs is 21. The van der Waals surface area contributed by atoms with Crippen molar-refractivity contribution in [1.29, 1.82) is 0 Å². The van der Waals surface area contributed by atoms with E-state index < -0.39 is 0 Å². The van der Waals surface area contributed by atoms with E-state index in [0.29, 0.717) is 0 Å². The molecule has 0 bridgehead atoms. The van der Waals surface area contributed by atoms with Gasteiger partial charge in [0.05, 0.1) is 0 Å². The van der Waals surface area contributed by atoms with Gasteiger partial charge >= 0.3 is 0 Å². The summed E-state index contributed by atoms with van der Waals surface area (Å²) in [7, 11) is 0. The van der Waals surface area contributed by atoms with Crippen molar-refractivity contribution in [1.82, 2.24) is 0 Å². The van der Waals surface area contributed by atoms with Gasteiger partial charge in [0, 0.05) is 0 Å².